The topological polar surface area (TPSA) is 84.6 Å². The van der Waals surface area contributed by atoms with Crippen LogP contribution in [0.15, 0.2) is 24.3 Å². The van der Waals surface area contributed by atoms with Crippen LogP contribution in [0.2, 0.25) is 0 Å². The van der Waals surface area contributed by atoms with Crippen LogP contribution < -0.4 is 15.8 Å². The molecule has 0 saturated carbocycles. The minimum atomic E-state index is -0.981. The molecule has 0 aliphatic carbocycles. The number of anilines is 1. The number of nitrogens with two attached hydrogens (primary N) is 1. The Kier molecular flexibility index (Phi) is 5.15. The fraction of sp³-hybridized carbons (Fsp3) is 0.364. The van der Waals surface area contributed by atoms with Crippen molar-refractivity contribution in [2.24, 2.45) is 5.73 Å². The molecule has 1 aromatic carbocycles. The lowest BCUT2D eigenvalue weighted by Crippen LogP contribution is -2.10. The van der Waals surface area contributed by atoms with E-state index in [-0.39, 0.29) is 6.61 Å². The number of benzene rings is 1. The van der Waals surface area contributed by atoms with Gasteiger partial charge in [0.1, 0.15) is 5.75 Å². The summed E-state index contributed by atoms with van der Waals surface area (Å²) in [5.74, 6) is -0.433. The van der Waals surface area contributed by atoms with Gasteiger partial charge in [-0.05, 0) is 37.2 Å². The number of rotatable bonds is 7. The smallest absolute Gasteiger partial charge is 0.341 e. The van der Waals surface area contributed by atoms with Gasteiger partial charge < -0.3 is 20.9 Å². The maximum absolute atomic E-state index is 10.3. The van der Waals surface area contributed by atoms with Gasteiger partial charge >= 0.3 is 5.97 Å². The molecular formula is C11H16N2O3. The summed E-state index contributed by atoms with van der Waals surface area (Å²) in [6.45, 7) is 1.17. The molecule has 88 valence electrons. The van der Waals surface area contributed by atoms with Crippen molar-refractivity contribution in [1.29, 1.82) is 0 Å². The van der Waals surface area contributed by atoms with Gasteiger partial charge in [-0.2, -0.15) is 0 Å². The third-order valence-electron chi connectivity index (χ3n) is 1.93. The standard InChI is InChI=1S/C11H16N2O3/c12-6-1-7-13-9-2-4-10(5-3-9)16-8-11(14)15/h2-5,13H,1,6-8,12H2,(H,14,15). The number of carbonyl (C=O) groups is 1. The van der Waals surface area contributed by atoms with Crippen molar-refractivity contribution in [2.45, 2.75) is 6.42 Å². The summed E-state index contributed by atoms with van der Waals surface area (Å²) in [6.07, 6.45) is 0.914. The summed E-state index contributed by atoms with van der Waals surface area (Å²) in [7, 11) is 0. The third-order valence-corrected chi connectivity index (χ3v) is 1.93. The molecule has 0 aromatic heterocycles. The Morgan fingerprint density at radius 1 is 1.38 bits per heavy atom. The molecule has 0 amide bonds. The highest BCUT2D eigenvalue weighted by atomic mass is 16.5. The molecule has 0 unspecified atom stereocenters. The van der Waals surface area contributed by atoms with Crippen LogP contribution in [0.1, 0.15) is 6.42 Å². The Morgan fingerprint density at radius 2 is 2.06 bits per heavy atom. The van der Waals surface area contributed by atoms with Crippen LogP contribution in [0.25, 0.3) is 0 Å². The van der Waals surface area contributed by atoms with E-state index in [0.717, 1.165) is 18.7 Å². The van der Waals surface area contributed by atoms with Crippen LogP contribution in [-0.4, -0.2) is 30.8 Å². The van der Waals surface area contributed by atoms with Crippen molar-refractivity contribution in [3.05, 3.63) is 24.3 Å². The average Bonchev–Trinajstić information content (AvgIpc) is 2.28. The van der Waals surface area contributed by atoms with Crippen LogP contribution in [0.5, 0.6) is 5.75 Å². The fourth-order valence-corrected chi connectivity index (χ4v) is 1.15. The van der Waals surface area contributed by atoms with Crippen LogP contribution in [0, 0.1) is 0 Å². The molecule has 0 spiro atoms. The van der Waals surface area contributed by atoms with E-state index in [2.05, 4.69) is 5.32 Å². The fourth-order valence-electron chi connectivity index (χ4n) is 1.15. The molecule has 0 aliphatic heterocycles. The maximum Gasteiger partial charge on any atom is 0.341 e. The quantitative estimate of drug-likeness (QED) is 0.599. The number of hydrogen-bond donors (Lipinski definition) is 3. The highest BCUT2D eigenvalue weighted by Crippen LogP contribution is 2.15. The van der Waals surface area contributed by atoms with E-state index < -0.39 is 5.97 Å². The van der Waals surface area contributed by atoms with Crippen LogP contribution in [0.4, 0.5) is 5.69 Å². The van der Waals surface area contributed by atoms with E-state index in [1.165, 1.54) is 0 Å². The second kappa shape index (κ2) is 6.68. The van der Waals surface area contributed by atoms with Crippen molar-refractivity contribution in [2.75, 3.05) is 25.0 Å². The molecule has 1 rings (SSSR count). The molecule has 0 aliphatic rings. The summed E-state index contributed by atoms with van der Waals surface area (Å²) in [5.41, 5.74) is 6.34. The predicted octanol–water partition coefficient (Wildman–Crippen LogP) is 0.911. The van der Waals surface area contributed by atoms with Crippen molar-refractivity contribution < 1.29 is 14.6 Å². The average molecular weight is 224 g/mol. The van der Waals surface area contributed by atoms with Gasteiger partial charge in [0.15, 0.2) is 6.61 Å². The maximum atomic E-state index is 10.3. The van der Waals surface area contributed by atoms with Gasteiger partial charge in [-0.3, -0.25) is 0 Å². The molecule has 0 heterocycles. The lowest BCUT2D eigenvalue weighted by Gasteiger charge is -2.07. The molecule has 0 bridgehead atoms. The van der Waals surface area contributed by atoms with E-state index in [0.29, 0.717) is 12.3 Å². The van der Waals surface area contributed by atoms with E-state index >= 15 is 0 Å². The summed E-state index contributed by atoms with van der Waals surface area (Å²) in [5, 5.41) is 11.6. The molecule has 4 N–H and O–H groups in total. The summed E-state index contributed by atoms with van der Waals surface area (Å²) in [4.78, 5) is 10.3. The van der Waals surface area contributed by atoms with Gasteiger partial charge in [-0.25, -0.2) is 4.79 Å². The number of aliphatic carboxylic acids is 1. The number of nitrogens with one attached hydrogen (secondary N) is 1. The Balaban J connectivity index is 2.38. The molecule has 0 fully saturated rings. The number of carboxylic acid groups (broad SMARTS) is 1. The number of ether oxygens (including phenoxy) is 1. The lowest BCUT2D eigenvalue weighted by molar-refractivity contribution is -0.139. The molecule has 1 aromatic rings. The molecule has 0 radical (unpaired) electrons. The minimum Gasteiger partial charge on any atom is -0.482 e. The zero-order valence-corrected chi connectivity index (χ0v) is 8.98. The lowest BCUT2D eigenvalue weighted by atomic mass is 10.3. The van der Waals surface area contributed by atoms with Gasteiger partial charge in [0.05, 0.1) is 0 Å². The summed E-state index contributed by atoms with van der Waals surface area (Å²) >= 11 is 0. The number of carboxylic acids is 1. The van der Waals surface area contributed by atoms with Crippen molar-refractivity contribution in [3.8, 4) is 5.75 Å². The molecule has 5 nitrogen and oxygen atoms in total. The first-order valence-corrected chi connectivity index (χ1v) is 5.11. The zero-order chi connectivity index (χ0) is 11.8. The minimum absolute atomic E-state index is 0.319. The van der Waals surface area contributed by atoms with E-state index in [9.17, 15) is 4.79 Å². The molecule has 0 saturated heterocycles. The normalized spacial score (nSPS) is 9.81. The zero-order valence-electron chi connectivity index (χ0n) is 8.98. The Bertz CT molecular complexity index is 325. The second-order valence-electron chi connectivity index (χ2n) is 3.28. The molecule has 16 heavy (non-hydrogen) atoms. The highest BCUT2D eigenvalue weighted by molar-refractivity contribution is 5.68. The van der Waals surface area contributed by atoms with Gasteiger partial charge in [-0.15, -0.1) is 0 Å². The monoisotopic (exact) mass is 224 g/mol. The second-order valence-corrected chi connectivity index (χ2v) is 3.28. The SMILES string of the molecule is NCCCNc1ccc(OCC(=O)O)cc1. The van der Waals surface area contributed by atoms with Gasteiger partial charge in [-0.1, -0.05) is 0 Å². The Morgan fingerprint density at radius 3 is 2.62 bits per heavy atom. The Hall–Kier alpha value is -1.75. The van der Waals surface area contributed by atoms with Gasteiger partial charge in [0.2, 0.25) is 0 Å². The van der Waals surface area contributed by atoms with Crippen LogP contribution >= 0.6 is 0 Å². The summed E-state index contributed by atoms with van der Waals surface area (Å²) in [6, 6.07) is 7.14. The van der Waals surface area contributed by atoms with Crippen molar-refractivity contribution in [1.82, 2.24) is 0 Å². The molecular weight excluding hydrogens is 208 g/mol. The van der Waals surface area contributed by atoms with E-state index in [4.69, 9.17) is 15.6 Å². The largest absolute Gasteiger partial charge is 0.482 e. The first kappa shape index (κ1) is 12.3. The third kappa shape index (κ3) is 4.65. The highest BCUT2D eigenvalue weighted by Gasteiger charge is 1.98. The van der Waals surface area contributed by atoms with Crippen molar-refractivity contribution >= 4 is 11.7 Å². The summed E-state index contributed by atoms with van der Waals surface area (Å²) < 4.78 is 5.00. The molecule has 0 atom stereocenters. The molecule has 5 heteroatoms. The van der Waals surface area contributed by atoms with Crippen molar-refractivity contribution in [3.63, 3.8) is 0 Å². The van der Waals surface area contributed by atoms with E-state index in [1.807, 2.05) is 12.1 Å². The van der Waals surface area contributed by atoms with Gasteiger partial charge in [0, 0.05) is 12.2 Å². The first-order chi connectivity index (χ1) is 7.72. The van der Waals surface area contributed by atoms with Gasteiger partial charge in [0.25, 0.3) is 0 Å². The van der Waals surface area contributed by atoms with E-state index in [1.54, 1.807) is 12.1 Å². The predicted molar refractivity (Wildman–Crippen MR) is 61.7 cm³/mol. The first-order valence-electron chi connectivity index (χ1n) is 5.11. The van der Waals surface area contributed by atoms with Crippen LogP contribution in [0.3, 0.4) is 0 Å². The number of hydrogen-bond acceptors (Lipinski definition) is 4. The van der Waals surface area contributed by atoms with Crippen LogP contribution in [-0.2, 0) is 4.79 Å². The Labute approximate surface area is 94.2 Å².